The molecule has 0 unspecified atom stereocenters. The van der Waals surface area contributed by atoms with Gasteiger partial charge in [-0.05, 0) is 20.8 Å². The zero-order valence-electron chi connectivity index (χ0n) is 9.44. The van der Waals surface area contributed by atoms with Crippen molar-refractivity contribution in [3.63, 3.8) is 0 Å². The Labute approximate surface area is 88.6 Å². The fraction of sp³-hybridized carbons (Fsp3) is 0.667. The molecular formula is C9H16N4O2. The Balaban J connectivity index is 2.58. The summed E-state index contributed by atoms with van der Waals surface area (Å²) >= 11 is 0. The summed E-state index contributed by atoms with van der Waals surface area (Å²) in [6.45, 7) is 6.19. The molecular weight excluding hydrogens is 196 g/mol. The largest absolute Gasteiger partial charge is 0.443 e. The Hall–Kier alpha value is -1.59. The maximum absolute atomic E-state index is 10.8. The fourth-order valence-corrected chi connectivity index (χ4v) is 0.904. The number of hydrogen-bond acceptors (Lipinski definition) is 4. The number of carbonyl (C=O) groups excluding carboxylic acids is 1. The summed E-state index contributed by atoms with van der Waals surface area (Å²) in [6.07, 6.45) is 1.29. The van der Waals surface area contributed by atoms with Crippen LogP contribution >= 0.6 is 0 Å². The van der Waals surface area contributed by atoms with Crippen LogP contribution in [0.5, 0.6) is 0 Å². The second-order valence-corrected chi connectivity index (χ2v) is 4.15. The summed E-state index contributed by atoms with van der Waals surface area (Å²) < 4.78 is 6.57. The summed E-state index contributed by atoms with van der Waals surface area (Å²) in [5, 5.41) is 10.2. The van der Waals surface area contributed by atoms with Crippen LogP contribution in [0, 0.1) is 0 Å². The average Bonchev–Trinajstić information content (AvgIpc) is 2.61. The van der Waals surface area contributed by atoms with Crippen molar-refractivity contribution in [2.45, 2.75) is 32.9 Å². The second kappa shape index (κ2) is 4.29. The number of hydrogen-bond donors (Lipinski definition) is 1. The van der Waals surface area contributed by atoms with Gasteiger partial charge in [-0.15, -0.1) is 5.10 Å². The van der Waals surface area contributed by atoms with Gasteiger partial charge in [-0.1, -0.05) is 5.21 Å². The molecule has 0 atom stereocenters. The van der Waals surface area contributed by atoms with Gasteiger partial charge in [-0.25, -0.2) is 9.48 Å². The van der Waals surface area contributed by atoms with E-state index in [0.717, 1.165) is 0 Å². The van der Waals surface area contributed by atoms with Gasteiger partial charge in [0.2, 0.25) is 0 Å². The van der Waals surface area contributed by atoms with Crippen LogP contribution in [0.4, 0.5) is 4.79 Å². The third-order valence-corrected chi connectivity index (χ3v) is 1.78. The molecule has 0 saturated heterocycles. The van der Waals surface area contributed by atoms with E-state index in [1.165, 1.54) is 7.05 Å². The van der Waals surface area contributed by atoms with Crippen LogP contribution in [-0.4, -0.2) is 28.1 Å². The summed E-state index contributed by atoms with van der Waals surface area (Å²) in [7, 11) is 1.51. The zero-order valence-corrected chi connectivity index (χ0v) is 9.44. The molecule has 0 aliphatic rings. The van der Waals surface area contributed by atoms with E-state index in [9.17, 15) is 4.79 Å². The highest BCUT2D eigenvalue weighted by molar-refractivity contribution is 5.66. The van der Waals surface area contributed by atoms with Gasteiger partial charge in [0.1, 0.15) is 12.3 Å². The molecule has 6 nitrogen and oxygen atoms in total. The van der Waals surface area contributed by atoms with Gasteiger partial charge in [-0.3, -0.25) is 0 Å². The quantitative estimate of drug-likeness (QED) is 0.790. The number of ether oxygens (including phenoxy) is 1. The number of alkyl carbamates (subject to hydrolysis) is 1. The molecule has 0 aromatic carbocycles. The van der Waals surface area contributed by atoms with E-state index in [1.54, 1.807) is 10.9 Å². The molecule has 1 rings (SSSR count). The van der Waals surface area contributed by atoms with E-state index in [2.05, 4.69) is 15.6 Å². The predicted molar refractivity (Wildman–Crippen MR) is 54.3 cm³/mol. The Morgan fingerprint density at radius 3 is 2.73 bits per heavy atom. The molecule has 1 amide bonds. The van der Waals surface area contributed by atoms with Crippen molar-refractivity contribution in [3.8, 4) is 0 Å². The summed E-state index contributed by atoms with van der Waals surface area (Å²) in [6, 6.07) is 0. The minimum absolute atomic E-state index is 0.113. The average molecular weight is 212 g/mol. The lowest BCUT2D eigenvalue weighted by Crippen LogP contribution is -2.22. The van der Waals surface area contributed by atoms with Crippen LogP contribution < -0.4 is 5.32 Å². The molecule has 1 aromatic heterocycles. The van der Waals surface area contributed by atoms with Gasteiger partial charge in [0, 0.05) is 7.05 Å². The van der Waals surface area contributed by atoms with Crippen molar-refractivity contribution in [2.24, 2.45) is 0 Å². The lowest BCUT2D eigenvalue weighted by Gasteiger charge is -2.17. The smallest absolute Gasteiger partial charge is 0.407 e. The third-order valence-electron chi connectivity index (χ3n) is 1.78. The maximum Gasteiger partial charge on any atom is 0.407 e. The first-order valence-electron chi connectivity index (χ1n) is 4.69. The van der Waals surface area contributed by atoms with Crippen LogP contribution in [0.25, 0.3) is 0 Å². The Bertz CT molecular complexity index is 340. The van der Waals surface area contributed by atoms with Gasteiger partial charge >= 0.3 is 6.09 Å². The number of aromatic nitrogens is 3. The molecule has 0 aliphatic heterocycles. The zero-order chi connectivity index (χ0) is 11.5. The standard InChI is InChI=1S/C9H16N4O2/c1-9(2,3)13-5-7(11-12-13)6-15-8(14)10-4/h5H,6H2,1-4H3,(H,10,14). The minimum atomic E-state index is -0.472. The van der Waals surface area contributed by atoms with Crippen LogP contribution in [-0.2, 0) is 16.9 Å². The van der Waals surface area contributed by atoms with Crippen LogP contribution in [0.1, 0.15) is 26.5 Å². The predicted octanol–water partition coefficient (Wildman–Crippen LogP) is 0.889. The molecule has 1 heterocycles. The van der Waals surface area contributed by atoms with E-state index >= 15 is 0 Å². The molecule has 15 heavy (non-hydrogen) atoms. The van der Waals surface area contributed by atoms with Crippen molar-refractivity contribution in [1.29, 1.82) is 0 Å². The maximum atomic E-state index is 10.8. The molecule has 0 saturated carbocycles. The van der Waals surface area contributed by atoms with Gasteiger partial charge < -0.3 is 10.1 Å². The number of amides is 1. The van der Waals surface area contributed by atoms with Gasteiger partial charge in [0.05, 0.1) is 11.7 Å². The van der Waals surface area contributed by atoms with Crippen LogP contribution in [0.2, 0.25) is 0 Å². The number of nitrogens with one attached hydrogen (secondary N) is 1. The second-order valence-electron chi connectivity index (χ2n) is 4.15. The van der Waals surface area contributed by atoms with Gasteiger partial charge in [0.25, 0.3) is 0 Å². The first-order chi connectivity index (χ1) is 6.93. The van der Waals surface area contributed by atoms with Gasteiger partial charge in [0.15, 0.2) is 0 Å². The fourth-order valence-electron chi connectivity index (χ4n) is 0.904. The number of carbonyl (C=O) groups is 1. The molecule has 0 spiro atoms. The molecule has 0 bridgehead atoms. The highest BCUT2D eigenvalue weighted by Crippen LogP contribution is 2.11. The van der Waals surface area contributed by atoms with E-state index < -0.39 is 6.09 Å². The topological polar surface area (TPSA) is 69.0 Å². The molecule has 1 aromatic rings. The minimum Gasteiger partial charge on any atom is -0.443 e. The Kier molecular flexibility index (Phi) is 3.28. The Morgan fingerprint density at radius 1 is 1.60 bits per heavy atom. The van der Waals surface area contributed by atoms with E-state index in [4.69, 9.17) is 4.74 Å². The monoisotopic (exact) mass is 212 g/mol. The van der Waals surface area contributed by atoms with E-state index in [-0.39, 0.29) is 12.1 Å². The van der Waals surface area contributed by atoms with Crippen molar-refractivity contribution in [3.05, 3.63) is 11.9 Å². The summed E-state index contributed by atoms with van der Waals surface area (Å²) in [4.78, 5) is 10.8. The molecule has 0 fully saturated rings. The first kappa shape index (κ1) is 11.5. The molecule has 0 aliphatic carbocycles. The molecule has 0 radical (unpaired) electrons. The molecule has 84 valence electrons. The highest BCUT2D eigenvalue weighted by atomic mass is 16.5. The normalized spacial score (nSPS) is 11.2. The highest BCUT2D eigenvalue weighted by Gasteiger charge is 2.15. The van der Waals surface area contributed by atoms with Crippen molar-refractivity contribution in [2.75, 3.05) is 7.05 Å². The first-order valence-corrected chi connectivity index (χ1v) is 4.69. The van der Waals surface area contributed by atoms with Crippen molar-refractivity contribution < 1.29 is 9.53 Å². The van der Waals surface area contributed by atoms with Crippen LogP contribution in [0.3, 0.4) is 0 Å². The number of nitrogens with zero attached hydrogens (tertiary/aromatic N) is 3. The lowest BCUT2D eigenvalue weighted by molar-refractivity contribution is 0.140. The number of rotatable bonds is 2. The van der Waals surface area contributed by atoms with Crippen molar-refractivity contribution >= 4 is 6.09 Å². The molecule has 6 heteroatoms. The van der Waals surface area contributed by atoms with Crippen molar-refractivity contribution in [1.82, 2.24) is 20.3 Å². The van der Waals surface area contributed by atoms with Gasteiger partial charge in [-0.2, -0.15) is 0 Å². The SMILES string of the molecule is CNC(=O)OCc1cn(C(C)(C)C)nn1. The van der Waals surface area contributed by atoms with E-state index in [0.29, 0.717) is 5.69 Å². The summed E-state index contributed by atoms with van der Waals surface area (Å²) in [5.74, 6) is 0. The molecule has 1 N–H and O–H groups in total. The third kappa shape index (κ3) is 3.23. The Morgan fingerprint density at radius 2 is 2.27 bits per heavy atom. The lowest BCUT2D eigenvalue weighted by atomic mass is 10.1. The summed E-state index contributed by atoms with van der Waals surface area (Å²) in [5.41, 5.74) is 0.520. The van der Waals surface area contributed by atoms with Crippen LogP contribution in [0.15, 0.2) is 6.20 Å². The van der Waals surface area contributed by atoms with E-state index in [1.807, 2.05) is 20.8 Å².